The highest BCUT2D eigenvalue weighted by molar-refractivity contribution is 5.90. The van der Waals surface area contributed by atoms with Crippen LogP contribution in [0.1, 0.15) is 29.8 Å². The zero-order valence-electron chi connectivity index (χ0n) is 12.6. The molecule has 0 aliphatic rings. The molecule has 0 aliphatic heterocycles. The number of carboxylic acids is 1. The average Bonchev–Trinajstić information content (AvgIpc) is 2.46. The molecule has 2 rings (SSSR count). The van der Waals surface area contributed by atoms with Crippen LogP contribution in [0.2, 0.25) is 0 Å². The van der Waals surface area contributed by atoms with Crippen LogP contribution in [0.4, 0.5) is 0 Å². The molecule has 2 aromatic carbocycles. The van der Waals surface area contributed by atoms with Crippen LogP contribution in [0.15, 0.2) is 42.5 Å². The first-order valence-corrected chi connectivity index (χ1v) is 7.01. The molecule has 1 N–H and O–H groups in total. The molecule has 0 saturated heterocycles. The van der Waals surface area contributed by atoms with Crippen LogP contribution in [-0.4, -0.2) is 18.2 Å². The number of hydrogen-bond acceptors (Lipinski definition) is 2. The number of methoxy groups -OCH3 is 1. The highest BCUT2D eigenvalue weighted by atomic mass is 16.5. The highest BCUT2D eigenvalue weighted by Crippen LogP contribution is 2.27. The van der Waals surface area contributed by atoms with Gasteiger partial charge in [-0.3, -0.25) is 0 Å². The summed E-state index contributed by atoms with van der Waals surface area (Å²) in [5.74, 6) is 0.217. The predicted octanol–water partition coefficient (Wildman–Crippen LogP) is 4.26. The van der Waals surface area contributed by atoms with E-state index in [1.807, 2.05) is 18.2 Å². The van der Waals surface area contributed by atoms with E-state index < -0.39 is 5.97 Å². The van der Waals surface area contributed by atoms with E-state index >= 15 is 0 Å². The molecular formula is C18H20O3. The van der Waals surface area contributed by atoms with Gasteiger partial charge in [-0.15, -0.1) is 0 Å². The lowest BCUT2D eigenvalue weighted by molar-refractivity contribution is 0.0696. The van der Waals surface area contributed by atoms with Crippen LogP contribution >= 0.6 is 0 Å². The first-order valence-electron chi connectivity index (χ1n) is 7.01. The van der Waals surface area contributed by atoms with E-state index in [2.05, 4.69) is 26.0 Å². The summed E-state index contributed by atoms with van der Waals surface area (Å²) in [6, 6.07) is 13.3. The SMILES string of the molecule is COc1cc(C(=O)O)cc(-c2ccc(CC(C)C)cc2)c1. The van der Waals surface area contributed by atoms with E-state index in [-0.39, 0.29) is 5.56 Å². The largest absolute Gasteiger partial charge is 0.497 e. The molecular weight excluding hydrogens is 264 g/mol. The Morgan fingerprint density at radius 2 is 1.76 bits per heavy atom. The molecule has 0 unspecified atom stereocenters. The average molecular weight is 284 g/mol. The monoisotopic (exact) mass is 284 g/mol. The van der Waals surface area contributed by atoms with Crippen LogP contribution < -0.4 is 4.74 Å². The maximum absolute atomic E-state index is 11.2. The van der Waals surface area contributed by atoms with E-state index in [1.54, 1.807) is 6.07 Å². The summed E-state index contributed by atoms with van der Waals surface area (Å²) < 4.78 is 5.18. The third kappa shape index (κ3) is 3.85. The molecule has 21 heavy (non-hydrogen) atoms. The van der Waals surface area contributed by atoms with Gasteiger partial charge in [-0.1, -0.05) is 38.1 Å². The predicted molar refractivity (Wildman–Crippen MR) is 83.9 cm³/mol. The second kappa shape index (κ2) is 6.44. The molecule has 110 valence electrons. The Morgan fingerprint density at radius 3 is 2.29 bits per heavy atom. The van der Waals surface area contributed by atoms with Gasteiger partial charge in [-0.2, -0.15) is 0 Å². The normalized spacial score (nSPS) is 10.7. The summed E-state index contributed by atoms with van der Waals surface area (Å²) in [6.45, 7) is 4.38. The number of ether oxygens (including phenoxy) is 1. The van der Waals surface area contributed by atoms with Gasteiger partial charge in [0.25, 0.3) is 0 Å². The van der Waals surface area contributed by atoms with E-state index in [0.29, 0.717) is 11.7 Å². The van der Waals surface area contributed by atoms with Gasteiger partial charge in [0.1, 0.15) is 5.75 Å². The Labute approximate surface area is 125 Å². The Hall–Kier alpha value is -2.29. The summed E-state index contributed by atoms with van der Waals surface area (Å²) in [6.07, 6.45) is 1.04. The molecule has 0 aromatic heterocycles. The van der Waals surface area contributed by atoms with Gasteiger partial charge in [0.2, 0.25) is 0 Å². The van der Waals surface area contributed by atoms with Crippen LogP contribution in [0.3, 0.4) is 0 Å². The zero-order valence-corrected chi connectivity index (χ0v) is 12.6. The van der Waals surface area contributed by atoms with Crippen molar-refractivity contribution in [2.24, 2.45) is 5.92 Å². The maximum atomic E-state index is 11.2. The Bertz CT molecular complexity index is 627. The number of carbonyl (C=O) groups is 1. The minimum Gasteiger partial charge on any atom is -0.497 e. The van der Waals surface area contributed by atoms with Crippen molar-refractivity contribution in [1.82, 2.24) is 0 Å². The van der Waals surface area contributed by atoms with Crippen molar-refractivity contribution in [3.8, 4) is 16.9 Å². The lowest BCUT2D eigenvalue weighted by atomic mass is 9.98. The standard InChI is InChI=1S/C18H20O3/c1-12(2)8-13-4-6-14(7-5-13)15-9-16(18(19)20)11-17(10-15)21-3/h4-7,9-12H,8H2,1-3H3,(H,19,20). The van der Waals surface area contributed by atoms with Crippen molar-refractivity contribution < 1.29 is 14.6 Å². The molecule has 0 amide bonds. The number of hydrogen-bond donors (Lipinski definition) is 1. The lowest BCUT2D eigenvalue weighted by Gasteiger charge is -2.09. The minimum atomic E-state index is -0.952. The molecule has 0 fully saturated rings. The molecule has 0 spiro atoms. The first kappa shape index (κ1) is 15.1. The van der Waals surface area contributed by atoms with Crippen LogP contribution in [0.5, 0.6) is 5.75 Å². The van der Waals surface area contributed by atoms with Gasteiger partial charge in [-0.25, -0.2) is 4.79 Å². The molecule has 0 atom stereocenters. The fraction of sp³-hybridized carbons (Fsp3) is 0.278. The summed E-state index contributed by atoms with van der Waals surface area (Å²) in [5, 5.41) is 9.16. The van der Waals surface area contributed by atoms with Crippen LogP contribution in [0, 0.1) is 5.92 Å². The van der Waals surface area contributed by atoms with Gasteiger partial charge in [-0.05, 0) is 47.2 Å². The van der Waals surface area contributed by atoms with Gasteiger partial charge >= 0.3 is 5.97 Å². The smallest absolute Gasteiger partial charge is 0.335 e. The second-order valence-electron chi connectivity index (χ2n) is 5.55. The van der Waals surface area contributed by atoms with Gasteiger partial charge in [0.15, 0.2) is 0 Å². The lowest BCUT2D eigenvalue weighted by Crippen LogP contribution is -1.98. The van der Waals surface area contributed by atoms with Crippen molar-refractivity contribution in [1.29, 1.82) is 0 Å². The van der Waals surface area contributed by atoms with Gasteiger partial charge in [0.05, 0.1) is 12.7 Å². The van der Waals surface area contributed by atoms with E-state index in [1.165, 1.54) is 18.7 Å². The van der Waals surface area contributed by atoms with Crippen molar-refractivity contribution >= 4 is 5.97 Å². The fourth-order valence-corrected chi connectivity index (χ4v) is 2.31. The molecule has 2 aromatic rings. The Kier molecular flexibility index (Phi) is 4.63. The summed E-state index contributed by atoms with van der Waals surface area (Å²) in [5.41, 5.74) is 3.36. The quantitative estimate of drug-likeness (QED) is 0.892. The van der Waals surface area contributed by atoms with Crippen LogP contribution in [0.25, 0.3) is 11.1 Å². The van der Waals surface area contributed by atoms with E-state index in [0.717, 1.165) is 17.5 Å². The highest BCUT2D eigenvalue weighted by Gasteiger charge is 2.09. The van der Waals surface area contributed by atoms with Crippen molar-refractivity contribution in [3.63, 3.8) is 0 Å². The number of benzene rings is 2. The molecule has 0 bridgehead atoms. The molecule has 0 saturated carbocycles. The third-order valence-corrected chi connectivity index (χ3v) is 3.32. The van der Waals surface area contributed by atoms with E-state index in [9.17, 15) is 4.79 Å². The van der Waals surface area contributed by atoms with E-state index in [4.69, 9.17) is 9.84 Å². The Morgan fingerprint density at radius 1 is 1.10 bits per heavy atom. The molecule has 3 nitrogen and oxygen atoms in total. The Balaban J connectivity index is 2.36. The topological polar surface area (TPSA) is 46.5 Å². The third-order valence-electron chi connectivity index (χ3n) is 3.32. The summed E-state index contributed by atoms with van der Waals surface area (Å²) in [4.78, 5) is 11.2. The molecule has 3 heteroatoms. The zero-order chi connectivity index (χ0) is 15.4. The number of carboxylic acid groups (broad SMARTS) is 1. The second-order valence-corrected chi connectivity index (χ2v) is 5.55. The number of rotatable bonds is 5. The molecule has 0 radical (unpaired) electrons. The van der Waals surface area contributed by atoms with Crippen molar-refractivity contribution in [3.05, 3.63) is 53.6 Å². The molecule has 0 heterocycles. The maximum Gasteiger partial charge on any atom is 0.335 e. The first-order chi connectivity index (χ1) is 9.99. The van der Waals surface area contributed by atoms with Crippen LogP contribution in [-0.2, 0) is 6.42 Å². The number of aromatic carboxylic acids is 1. The summed E-state index contributed by atoms with van der Waals surface area (Å²) in [7, 11) is 1.54. The van der Waals surface area contributed by atoms with Gasteiger partial charge < -0.3 is 9.84 Å². The van der Waals surface area contributed by atoms with Crippen molar-refractivity contribution in [2.45, 2.75) is 20.3 Å². The summed E-state index contributed by atoms with van der Waals surface area (Å²) >= 11 is 0. The fourth-order valence-electron chi connectivity index (χ4n) is 2.31. The molecule has 0 aliphatic carbocycles. The minimum absolute atomic E-state index is 0.232. The van der Waals surface area contributed by atoms with Gasteiger partial charge in [0, 0.05) is 0 Å². The van der Waals surface area contributed by atoms with Crippen molar-refractivity contribution in [2.75, 3.05) is 7.11 Å².